The molecule has 1 N–H and O–H groups in total. The van der Waals surface area contributed by atoms with Crippen LogP contribution in [-0.4, -0.2) is 11.5 Å². The number of nitrogens with one attached hydrogen (secondary N) is 1. The van der Waals surface area contributed by atoms with Crippen LogP contribution in [0.2, 0.25) is 5.02 Å². The van der Waals surface area contributed by atoms with E-state index in [4.69, 9.17) is 11.6 Å². The summed E-state index contributed by atoms with van der Waals surface area (Å²) in [6.07, 6.45) is 3.46. The molecule has 1 rings (SSSR count). The monoisotopic (exact) mass is 226 g/mol. The van der Waals surface area contributed by atoms with E-state index in [-0.39, 0.29) is 0 Å². The van der Waals surface area contributed by atoms with Crippen molar-refractivity contribution in [3.63, 3.8) is 0 Å². The van der Waals surface area contributed by atoms with E-state index in [9.17, 15) is 0 Å². The fraction of sp³-hybridized carbons (Fsp3) is 0.583. The van der Waals surface area contributed by atoms with Gasteiger partial charge >= 0.3 is 0 Å². The highest BCUT2D eigenvalue weighted by Gasteiger charge is 2.06. The summed E-state index contributed by atoms with van der Waals surface area (Å²) in [6, 6.07) is 1.95. The lowest BCUT2D eigenvalue weighted by atomic mass is 9.98. The number of pyridine rings is 1. The highest BCUT2D eigenvalue weighted by molar-refractivity contribution is 6.31. The van der Waals surface area contributed by atoms with Gasteiger partial charge in [0, 0.05) is 18.9 Å². The van der Waals surface area contributed by atoms with Crippen LogP contribution < -0.4 is 5.32 Å². The molecule has 0 saturated carbocycles. The third-order valence-electron chi connectivity index (χ3n) is 2.78. The zero-order valence-corrected chi connectivity index (χ0v) is 10.4. The molecule has 1 aromatic rings. The Morgan fingerprint density at radius 3 is 2.73 bits per heavy atom. The normalized spacial score (nSPS) is 13.1. The van der Waals surface area contributed by atoms with E-state index < -0.39 is 0 Å². The summed E-state index contributed by atoms with van der Waals surface area (Å²) in [7, 11) is 0. The molecule has 0 bridgehead atoms. The van der Waals surface area contributed by atoms with Gasteiger partial charge in [0.2, 0.25) is 0 Å². The van der Waals surface area contributed by atoms with E-state index in [0.717, 1.165) is 23.7 Å². The minimum absolute atomic E-state index is 0.686. The van der Waals surface area contributed by atoms with Crippen LogP contribution in [0.5, 0.6) is 0 Å². The van der Waals surface area contributed by atoms with Crippen molar-refractivity contribution < 1.29 is 0 Å². The summed E-state index contributed by atoms with van der Waals surface area (Å²) in [5.74, 6) is 1.40. The van der Waals surface area contributed by atoms with Crippen molar-refractivity contribution in [2.24, 2.45) is 11.8 Å². The average Bonchev–Trinajstić information content (AvgIpc) is 2.20. The number of nitrogens with zero attached hydrogens (tertiary/aromatic N) is 1. The Morgan fingerprint density at radius 2 is 2.13 bits per heavy atom. The quantitative estimate of drug-likeness (QED) is 0.835. The first-order chi connectivity index (χ1) is 7.11. The van der Waals surface area contributed by atoms with E-state index in [1.807, 2.05) is 6.07 Å². The zero-order chi connectivity index (χ0) is 11.3. The Kier molecular flexibility index (Phi) is 5.06. The van der Waals surface area contributed by atoms with Crippen LogP contribution in [0.25, 0.3) is 0 Å². The molecule has 3 heteroatoms. The number of hydrogen-bond acceptors (Lipinski definition) is 2. The Balaban J connectivity index is 2.35. The SMILES string of the molecule is CC(C)C(C)CNCc1ccncc1Cl. The molecule has 0 aliphatic carbocycles. The van der Waals surface area contributed by atoms with E-state index in [1.165, 1.54) is 0 Å². The topological polar surface area (TPSA) is 24.9 Å². The molecule has 0 aromatic carbocycles. The van der Waals surface area contributed by atoms with Gasteiger partial charge in [0.05, 0.1) is 5.02 Å². The molecular weight excluding hydrogens is 208 g/mol. The molecule has 0 saturated heterocycles. The number of halogens is 1. The molecule has 1 unspecified atom stereocenters. The fourth-order valence-electron chi connectivity index (χ4n) is 1.22. The largest absolute Gasteiger partial charge is 0.312 e. The highest BCUT2D eigenvalue weighted by atomic mass is 35.5. The van der Waals surface area contributed by atoms with Crippen molar-refractivity contribution in [2.75, 3.05) is 6.54 Å². The van der Waals surface area contributed by atoms with Crippen LogP contribution in [-0.2, 0) is 6.54 Å². The number of aromatic nitrogens is 1. The molecule has 0 aliphatic heterocycles. The summed E-state index contributed by atoms with van der Waals surface area (Å²) in [5.41, 5.74) is 1.11. The molecule has 0 spiro atoms. The summed E-state index contributed by atoms with van der Waals surface area (Å²) in [4.78, 5) is 3.96. The Bertz CT molecular complexity index is 299. The fourth-order valence-corrected chi connectivity index (χ4v) is 1.40. The first kappa shape index (κ1) is 12.5. The summed E-state index contributed by atoms with van der Waals surface area (Å²) < 4.78 is 0. The lowest BCUT2D eigenvalue weighted by molar-refractivity contribution is 0.392. The maximum Gasteiger partial charge on any atom is 0.0634 e. The maximum absolute atomic E-state index is 6.00. The summed E-state index contributed by atoms with van der Waals surface area (Å²) >= 11 is 6.00. The second kappa shape index (κ2) is 6.09. The molecule has 1 aromatic heterocycles. The van der Waals surface area contributed by atoms with Crippen LogP contribution in [0.4, 0.5) is 0 Å². The third kappa shape index (κ3) is 4.18. The second-order valence-electron chi connectivity index (χ2n) is 4.32. The van der Waals surface area contributed by atoms with Gasteiger partial charge in [-0.15, -0.1) is 0 Å². The summed E-state index contributed by atoms with van der Waals surface area (Å²) in [6.45, 7) is 8.58. The predicted molar refractivity (Wildman–Crippen MR) is 65.0 cm³/mol. The lowest BCUT2D eigenvalue weighted by Gasteiger charge is -2.16. The Labute approximate surface area is 97.1 Å². The predicted octanol–water partition coefficient (Wildman–Crippen LogP) is 3.12. The van der Waals surface area contributed by atoms with E-state index in [1.54, 1.807) is 12.4 Å². The lowest BCUT2D eigenvalue weighted by Crippen LogP contribution is -2.23. The molecule has 0 fully saturated rings. The first-order valence-corrected chi connectivity index (χ1v) is 5.78. The van der Waals surface area contributed by atoms with Crippen molar-refractivity contribution in [2.45, 2.75) is 27.3 Å². The number of rotatable bonds is 5. The van der Waals surface area contributed by atoms with Gasteiger partial charge < -0.3 is 5.32 Å². The molecule has 0 radical (unpaired) electrons. The molecule has 84 valence electrons. The van der Waals surface area contributed by atoms with Gasteiger partial charge in [-0.1, -0.05) is 32.4 Å². The molecule has 0 amide bonds. The van der Waals surface area contributed by atoms with E-state index >= 15 is 0 Å². The Morgan fingerprint density at radius 1 is 1.40 bits per heavy atom. The van der Waals surface area contributed by atoms with Gasteiger partial charge in [-0.25, -0.2) is 0 Å². The minimum Gasteiger partial charge on any atom is -0.312 e. The first-order valence-electron chi connectivity index (χ1n) is 5.40. The van der Waals surface area contributed by atoms with Crippen molar-refractivity contribution in [3.05, 3.63) is 29.0 Å². The Hall–Kier alpha value is -0.600. The number of hydrogen-bond donors (Lipinski definition) is 1. The zero-order valence-electron chi connectivity index (χ0n) is 9.63. The summed E-state index contributed by atoms with van der Waals surface area (Å²) in [5, 5.41) is 4.15. The third-order valence-corrected chi connectivity index (χ3v) is 3.12. The van der Waals surface area contributed by atoms with Crippen molar-refractivity contribution in [1.29, 1.82) is 0 Å². The maximum atomic E-state index is 6.00. The van der Waals surface area contributed by atoms with Crippen LogP contribution in [0.3, 0.4) is 0 Å². The van der Waals surface area contributed by atoms with E-state index in [0.29, 0.717) is 11.8 Å². The molecule has 0 aliphatic rings. The van der Waals surface area contributed by atoms with E-state index in [2.05, 4.69) is 31.1 Å². The molecule has 15 heavy (non-hydrogen) atoms. The smallest absolute Gasteiger partial charge is 0.0634 e. The van der Waals surface area contributed by atoms with Gasteiger partial charge in [0.25, 0.3) is 0 Å². The molecule has 1 heterocycles. The van der Waals surface area contributed by atoms with Crippen molar-refractivity contribution >= 4 is 11.6 Å². The van der Waals surface area contributed by atoms with Crippen LogP contribution in [0.1, 0.15) is 26.3 Å². The van der Waals surface area contributed by atoms with Crippen LogP contribution in [0, 0.1) is 11.8 Å². The van der Waals surface area contributed by atoms with Gasteiger partial charge in [0.15, 0.2) is 0 Å². The molecule has 2 nitrogen and oxygen atoms in total. The minimum atomic E-state index is 0.686. The van der Waals surface area contributed by atoms with Gasteiger partial charge in [-0.2, -0.15) is 0 Å². The molecule has 1 atom stereocenters. The highest BCUT2D eigenvalue weighted by Crippen LogP contribution is 2.13. The van der Waals surface area contributed by atoms with Crippen molar-refractivity contribution in [1.82, 2.24) is 10.3 Å². The molecular formula is C12H19ClN2. The van der Waals surface area contributed by atoms with Crippen molar-refractivity contribution in [3.8, 4) is 0 Å². The van der Waals surface area contributed by atoms with Crippen LogP contribution in [0.15, 0.2) is 18.5 Å². The second-order valence-corrected chi connectivity index (χ2v) is 4.73. The van der Waals surface area contributed by atoms with Gasteiger partial charge in [0.1, 0.15) is 0 Å². The standard InChI is InChI=1S/C12H19ClN2/c1-9(2)10(3)6-15-7-11-4-5-14-8-12(11)13/h4-5,8-10,15H,6-7H2,1-3H3. The average molecular weight is 227 g/mol. The van der Waals surface area contributed by atoms with Gasteiger partial charge in [-0.05, 0) is 30.0 Å². The van der Waals surface area contributed by atoms with Crippen LogP contribution >= 0.6 is 11.6 Å². The van der Waals surface area contributed by atoms with Gasteiger partial charge in [-0.3, -0.25) is 4.98 Å².